The Morgan fingerprint density at radius 1 is 1.27 bits per heavy atom. The molecule has 1 aliphatic carbocycles. The summed E-state index contributed by atoms with van der Waals surface area (Å²) in [7, 11) is 2.06. The lowest BCUT2D eigenvalue weighted by Crippen LogP contribution is -2.43. The van der Waals surface area contributed by atoms with Crippen molar-refractivity contribution in [3.8, 4) is 0 Å². The third-order valence-corrected chi connectivity index (χ3v) is 3.71. The van der Waals surface area contributed by atoms with Crippen LogP contribution in [-0.4, -0.2) is 39.0 Å². The molecule has 0 spiro atoms. The van der Waals surface area contributed by atoms with Gasteiger partial charge < -0.3 is 14.8 Å². The number of likely N-dealkylation sites (N-methyl/N-ethyl adjacent to an activating group) is 1. The van der Waals surface area contributed by atoms with Crippen LogP contribution in [0.4, 0.5) is 0 Å². The van der Waals surface area contributed by atoms with Gasteiger partial charge in [-0.1, -0.05) is 19.3 Å². The van der Waals surface area contributed by atoms with Gasteiger partial charge in [0.25, 0.3) is 0 Å². The van der Waals surface area contributed by atoms with E-state index < -0.39 is 0 Å². The van der Waals surface area contributed by atoms with E-state index in [9.17, 15) is 0 Å². The Morgan fingerprint density at radius 3 is 2.53 bits per heavy atom. The zero-order valence-corrected chi connectivity index (χ0v) is 9.71. The Bertz CT molecular complexity index is 176. The first kappa shape index (κ1) is 11.4. The van der Waals surface area contributed by atoms with Gasteiger partial charge in [0.2, 0.25) is 0 Å². The highest BCUT2D eigenvalue weighted by atomic mass is 16.6. The minimum Gasteiger partial charge on any atom is -0.376 e. The van der Waals surface area contributed by atoms with Gasteiger partial charge in [-0.25, -0.2) is 0 Å². The van der Waals surface area contributed by atoms with Crippen molar-refractivity contribution in [2.75, 3.05) is 26.9 Å². The normalized spacial score (nSPS) is 26.2. The highest BCUT2D eigenvalue weighted by molar-refractivity contribution is 4.79. The Hall–Kier alpha value is -0.120. The smallest absolute Gasteiger partial charge is 0.104 e. The molecule has 88 valence electrons. The van der Waals surface area contributed by atoms with E-state index in [-0.39, 0.29) is 0 Å². The molecule has 0 aromatic carbocycles. The molecule has 0 bridgehead atoms. The Morgan fingerprint density at radius 2 is 2.00 bits per heavy atom. The Balaban J connectivity index is 1.69. The van der Waals surface area contributed by atoms with Crippen LogP contribution < -0.4 is 5.32 Å². The summed E-state index contributed by atoms with van der Waals surface area (Å²) >= 11 is 0. The van der Waals surface area contributed by atoms with Gasteiger partial charge in [0.05, 0.1) is 19.8 Å². The third kappa shape index (κ3) is 3.16. The van der Waals surface area contributed by atoms with Crippen LogP contribution in [0.2, 0.25) is 0 Å². The van der Waals surface area contributed by atoms with Gasteiger partial charge in [-0.2, -0.15) is 0 Å². The molecule has 2 rings (SSSR count). The third-order valence-electron chi connectivity index (χ3n) is 3.71. The standard InChI is InChI=1S/C12H23NO2/c1-13-12(9-15-11-7-14-8-11)10-5-3-2-4-6-10/h10-13H,2-9H2,1H3. The average molecular weight is 213 g/mol. The number of hydrogen-bond acceptors (Lipinski definition) is 3. The van der Waals surface area contributed by atoms with Crippen LogP contribution >= 0.6 is 0 Å². The Kier molecular flexibility index (Phi) is 4.42. The van der Waals surface area contributed by atoms with Crippen LogP contribution in [0.5, 0.6) is 0 Å². The summed E-state index contributed by atoms with van der Waals surface area (Å²) < 4.78 is 10.9. The maximum absolute atomic E-state index is 5.80. The zero-order chi connectivity index (χ0) is 10.5. The van der Waals surface area contributed by atoms with Gasteiger partial charge >= 0.3 is 0 Å². The summed E-state index contributed by atoms with van der Waals surface area (Å²) in [5, 5.41) is 3.41. The molecule has 1 saturated carbocycles. The monoisotopic (exact) mass is 213 g/mol. The van der Waals surface area contributed by atoms with Gasteiger partial charge in [0, 0.05) is 6.04 Å². The SMILES string of the molecule is CNC(COC1COC1)C1CCCCC1. The summed E-state index contributed by atoms with van der Waals surface area (Å²) in [6, 6.07) is 0.547. The first-order chi connectivity index (χ1) is 7.40. The van der Waals surface area contributed by atoms with E-state index in [4.69, 9.17) is 9.47 Å². The molecule has 3 nitrogen and oxygen atoms in total. The van der Waals surface area contributed by atoms with E-state index in [0.717, 1.165) is 25.7 Å². The molecule has 15 heavy (non-hydrogen) atoms. The van der Waals surface area contributed by atoms with Gasteiger partial charge in [0.15, 0.2) is 0 Å². The fraction of sp³-hybridized carbons (Fsp3) is 1.00. The molecule has 1 aliphatic heterocycles. The molecule has 1 atom stereocenters. The molecular formula is C12H23NO2. The predicted molar refractivity (Wildman–Crippen MR) is 60.0 cm³/mol. The minimum absolute atomic E-state index is 0.365. The first-order valence-corrected chi connectivity index (χ1v) is 6.26. The summed E-state index contributed by atoms with van der Waals surface area (Å²) in [5.74, 6) is 0.824. The van der Waals surface area contributed by atoms with Crippen LogP contribution in [0.15, 0.2) is 0 Å². The lowest BCUT2D eigenvalue weighted by molar-refractivity contribution is -0.135. The summed E-state index contributed by atoms with van der Waals surface area (Å²) in [6.07, 6.45) is 7.32. The van der Waals surface area contributed by atoms with E-state index in [1.165, 1.54) is 32.1 Å². The topological polar surface area (TPSA) is 30.5 Å². The van der Waals surface area contributed by atoms with E-state index in [2.05, 4.69) is 12.4 Å². The summed E-state index contributed by atoms with van der Waals surface area (Å²) in [5.41, 5.74) is 0. The number of rotatable bonds is 5. The molecule has 3 heteroatoms. The molecule has 2 fully saturated rings. The van der Waals surface area contributed by atoms with Crippen molar-refractivity contribution < 1.29 is 9.47 Å². The van der Waals surface area contributed by atoms with Crippen molar-refractivity contribution in [1.82, 2.24) is 5.32 Å². The lowest BCUT2D eigenvalue weighted by atomic mass is 9.84. The largest absolute Gasteiger partial charge is 0.376 e. The van der Waals surface area contributed by atoms with Crippen molar-refractivity contribution in [2.24, 2.45) is 5.92 Å². The second-order valence-corrected chi connectivity index (χ2v) is 4.79. The second-order valence-electron chi connectivity index (χ2n) is 4.79. The predicted octanol–water partition coefficient (Wildman–Crippen LogP) is 1.57. The molecule has 1 unspecified atom stereocenters. The van der Waals surface area contributed by atoms with Gasteiger partial charge in [-0.15, -0.1) is 0 Å². The van der Waals surface area contributed by atoms with E-state index in [0.29, 0.717) is 12.1 Å². The number of hydrogen-bond donors (Lipinski definition) is 1. The Labute approximate surface area is 92.5 Å². The fourth-order valence-corrected chi connectivity index (χ4v) is 2.54. The van der Waals surface area contributed by atoms with Gasteiger partial charge in [0.1, 0.15) is 6.10 Å². The average Bonchev–Trinajstić information content (AvgIpc) is 2.23. The van der Waals surface area contributed by atoms with Crippen molar-refractivity contribution in [3.05, 3.63) is 0 Å². The van der Waals surface area contributed by atoms with Gasteiger partial charge in [-0.05, 0) is 25.8 Å². The van der Waals surface area contributed by atoms with Crippen molar-refractivity contribution >= 4 is 0 Å². The maximum atomic E-state index is 5.80. The maximum Gasteiger partial charge on any atom is 0.104 e. The molecule has 1 saturated heterocycles. The highest BCUT2D eigenvalue weighted by Crippen LogP contribution is 2.26. The van der Waals surface area contributed by atoms with Crippen molar-refractivity contribution in [2.45, 2.75) is 44.2 Å². The zero-order valence-electron chi connectivity index (χ0n) is 9.71. The lowest BCUT2D eigenvalue weighted by Gasteiger charge is -2.33. The molecule has 0 aromatic rings. The molecule has 0 amide bonds. The molecule has 0 aromatic heterocycles. The van der Waals surface area contributed by atoms with Crippen molar-refractivity contribution in [1.29, 1.82) is 0 Å². The number of nitrogens with one attached hydrogen (secondary N) is 1. The van der Waals surface area contributed by atoms with Crippen LogP contribution in [0.25, 0.3) is 0 Å². The number of ether oxygens (including phenoxy) is 2. The van der Waals surface area contributed by atoms with Crippen LogP contribution in [0.3, 0.4) is 0 Å². The van der Waals surface area contributed by atoms with E-state index in [1.54, 1.807) is 0 Å². The highest BCUT2D eigenvalue weighted by Gasteiger charge is 2.25. The molecule has 1 heterocycles. The fourth-order valence-electron chi connectivity index (χ4n) is 2.54. The summed E-state index contributed by atoms with van der Waals surface area (Å²) in [6.45, 7) is 2.44. The van der Waals surface area contributed by atoms with E-state index >= 15 is 0 Å². The van der Waals surface area contributed by atoms with Crippen LogP contribution in [0.1, 0.15) is 32.1 Å². The molecular weight excluding hydrogens is 190 g/mol. The first-order valence-electron chi connectivity index (χ1n) is 6.26. The quantitative estimate of drug-likeness (QED) is 0.752. The molecule has 1 N–H and O–H groups in total. The van der Waals surface area contributed by atoms with E-state index in [1.807, 2.05) is 0 Å². The summed E-state index contributed by atoms with van der Waals surface area (Å²) in [4.78, 5) is 0. The van der Waals surface area contributed by atoms with Crippen molar-refractivity contribution in [3.63, 3.8) is 0 Å². The van der Waals surface area contributed by atoms with Gasteiger partial charge in [-0.3, -0.25) is 0 Å². The molecule has 0 radical (unpaired) electrons. The van der Waals surface area contributed by atoms with Crippen LogP contribution in [0, 0.1) is 5.92 Å². The second kappa shape index (κ2) is 5.83. The van der Waals surface area contributed by atoms with Crippen LogP contribution in [-0.2, 0) is 9.47 Å². The minimum atomic E-state index is 0.365. The molecule has 2 aliphatic rings.